The summed E-state index contributed by atoms with van der Waals surface area (Å²) in [4.78, 5) is 18.8. The Kier molecular flexibility index (Phi) is 5.96. The zero-order valence-electron chi connectivity index (χ0n) is 19.6. The summed E-state index contributed by atoms with van der Waals surface area (Å²) in [5, 5.41) is 17.3. The predicted molar refractivity (Wildman–Crippen MR) is 116 cm³/mol. The van der Waals surface area contributed by atoms with Crippen molar-refractivity contribution in [1.82, 2.24) is 20.1 Å². The van der Waals surface area contributed by atoms with Gasteiger partial charge >= 0.3 is 12.4 Å². The van der Waals surface area contributed by atoms with Gasteiger partial charge in [0.25, 0.3) is 17.7 Å². The number of nitrogen functional groups attached to an aromatic ring is 1. The molecule has 8 nitrogen and oxygen atoms in total. The van der Waals surface area contributed by atoms with Gasteiger partial charge in [0.15, 0.2) is 5.69 Å². The number of carbonyl (C=O) groups is 1. The van der Waals surface area contributed by atoms with E-state index in [1.165, 1.54) is 4.90 Å². The highest BCUT2D eigenvalue weighted by molar-refractivity contribution is 5.95. The monoisotopic (exact) mass is 533 g/mol. The van der Waals surface area contributed by atoms with Crippen molar-refractivity contribution in [2.45, 2.75) is 81.8 Å². The molecule has 3 heterocycles. The number of anilines is 1. The molecule has 5 rings (SSSR count). The number of hydrogen-bond donors (Lipinski definition) is 2. The number of nitrogens with zero attached hydrogens (tertiary/aromatic N) is 4. The number of amides is 1. The van der Waals surface area contributed by atoms with Crippen molar-refractivity contribution in [3.63, 3.8) is 0 Å². The second kappa shape index (κ2) is 8.57. The van der Waals surface area contributed by atoms with Crippen molar-refractivity contribution in [1.29, 1.82) is 0 Å². The Bertz CT molecular complexity index is 1200. The van der Waals surface area contributed by atoms with Crippen LogP contribution in [-0.2, 0) is 11.8 Å². The van der Waals surface area contributed by atoms with Crippen molar-refractivity contribution in [2.75, 3.05) is 12.3 Å². The minimum Gasteiger partial charge on any atom is -0.416 e. The molecule has 3 aliphatic rings. The van der Waals surface area contributed by atoms with Crippen LogP contribution in [0, 0.1) is 5.41 Å². The van der Waals surface area contributed by atoms with Gasteiger partial charge in [-0.25, -0.2) is 4.98 Å². The summed E-state index contributed by atoms with van der Waals surface area (Å²) in [6, 6.07) is 0.194. The number of halogens is 6. The maximum absolute atomic E-state index is 13.9. The molecule has 2 aromatic heterocycles. The molecular formula is C23H25F6N5O3. The van der Waals surface area contributed by atoms with Gasteiger partial charge in [-0.05, 0) is 56.4 Å². The largest absolute Gasteiger partial charge is 0.426 e. The van der Waals surface area contributed by atoms with Crippen molar-refractivity contribution in [3.05, 3.63) is 23.2 Å². The first-order valence-corrected chi connectivity index (χ1v) is 12.1. The minimum atomic E-state index is -5.16. The summed E-state index contributed by atoms with van der Waals surface area (Å²) in [5.41, 5.74) is -1.08. The fourth-order valence-electron chi connectivity index (χ4n) is 5.61. The molecule has 0 aromatic carbocycles. The predicted octanol–water partition coefficient (Wildman–Crippen LogP) is 4.83. The fraction of sp³-hybridized carbons (Fsp3) is 0.652. The lowest BCUT2D eigenvalue weighted by molar-refractivity contribution is -0.277. The zero-order valence-corrected chi connectivity index (χ0v) is 19.6. The first-order chi connectivity index (χ1) is 17.2. The van der Waals surface area contributed by atoms with Crippen molar-refractivity contribution >= 4 is 11.6 Å². The molecule has 1 amide bonds. The molecule has 14 heteroatoms. The number of carbonyl (C=O) groups excluding carboxylic acids is 1. The third-order valence-electron chi connectivity index (χ3n) is 7.90. The Morgan fingerprint density at radius 3 is 2.30 bits per heavy atom. The Hall–Kier alpha value is -2.90. The molecule has 2 fully saturated rings. The summed E-state index contributed by atoms with van der Waals surface area (Å²) in [5.74, 6) is -2.85. The minimum absolute atomic E-state index is 0.0428. The molecule has 4 bridgehead atoms. The maximum atomic E-state index is 13.9. The summed E-state index contributed by atoms with van der Waals surface area (Å²) < 4.78 is 88.4. The third kappa shape index (κ3) is 4.32. The molecule has 2 saturated carbocycles. The van der Waals surface area contributed by atoms with E-state index in [0.29, 0.717) is 18.9 Å². The van der Waals surface area contributed by atoms with Crippen LogP contribution in [0.4, 0.5) is 32.0 Å². The Morgan fingerprint density at radius 1 is 1.00 bits per heavy atom. The molecule has 3 N–H and O–H groups in total. The van der Waals surface area contributed by atoms with E-state index in [1.54, 1.807) is 0 Å². The topological polar surface area (TPSA) is 118 Å². The second-order valence-electron chi connectivity index (χ2n) is 10.3. The van der Waals surface area contributed by atoms with Gasteiger partial charge in [-0.3, -0.25) is 4.79 Å². The molecule has 202 valence electrons. The molecule has 0 saturated heterocycles. The lowest BCUT2D eigenvalue weighted by Crippen LogP contribution is -2.56. The van der Waals surface area contributed by atoms with Gasteiger partial charge in [0, 0.05) is 12.6 Å². The van der Waals surface area contributed by atoms with Gasteiger partial charge in [-0.15, -0.1) is 10.2 Å². The first-order valence-electron chi connectivity index (χ1n) is 12.1. The van der Waals surface area contributed by atoms with Crippen LogP contribution < -0.4 is 5.73 Å². The number of pyridine rings is 1. The van der Waals surface area contributed by atoms with E-state index in [-0.39, 0.29) is 37.3 Å². The number of alkyl halides is 6. The molecule has 2 aromatic rings. The summed E-state index contributed by atoms with van der Waals surface area (Å²) in [7, 11) is 0. The number of fused-ring (bicyclic) bond motifs is 5. The van der Waals surface area contributed by atoms with Gasteiger partial charge in [0.05, 0.1) is 11.3 Å². The average Bonchev–Trinajstić information content (AvgIpc) is 3.23. The van der Waals surface area contributed by atoms with Crippen LogP contribution in [0.5, 0.6) is 0 Å². The molecule has 0 radical (unpaired) electrons. The number of aliphatic hydroxyl groups is 1. The van der Waals surface area contributed by atoms with Crippen molar-refractivity contribution < 1.29 is 40.7 Å². The van der Waals surface area contributed by atoms with Gasteiger partial charge in [0.1, 0.15) is 5.69 Å². The summed E-state index contributed by atoms with van der Waals surface area (Å²) in [6.07, 6.45) is -6.26. The number of nitrogens with two attached hydrogens (primary N) is 1. The number of aromatic nitrogens is 3. The van der Waals surface area contributed by atoms with Crippen LogP contribution in [0.15, 0.2) is 10.5 Å². The normalized spacial score (nSPS) is 24.9. The third-order valence-corrected chi connectivity index (χ3v) is 7.90. The van der Waals surface area contributed by atoms with Crippen LogP contribution in [0.1, 0.15) is 79.7 Å². The van der Waals surface area contributed by atoms with Crippen LogP contribution in [0.3, 0.4) is 0 Å². The lowest BCUT2D eigenvalue weighted by atomic mass is 9.54. The number of rotatable bonds is 1. The Morgan fingerprint density at radius 2 is 1.70 bits per heavy atom. The standard InChI is InChI=1S/C23H25F6N5O3/c24-22(25,26)13-9-14(30)16-17-32-33-19(37-17)21(36,23(27,28)29)7-2-1-3-8-34(18(35)15(13)31-16)12-10-20(11-12)5-4-6-20/h9,12,36H,1-8,10-11,30H2/t21-/m1/s1. The molecule has 1 spiro atoms. The average molecular weight is 533 g/mol. The van der Waals surface area contributed by atoms with E-state index < -0.39 is 64.7 Å². The van der Waals surface area contributed by atoms with E-state index in [9.17, 15) is 36.2 Å². The van der Waals surface area contributed by atoms with Gasteiger partial charge in [-0.1, -0.05) is 12.8 Å². The van der Waals surface area contributed by atoms with Crippen LogP contribution in [0.25, 0.3) is 11.6 Å². The van der Waals surface area contributed by atoms with Crippen molar-refractivity contribution in [2.24, 2.45) is 5.41 Å². The molecule has 1 aliphatic heterocycles. The van der Waals surface area contributed by atoms with E-state index in [4.69, 9.17) is 10.2 Å². The van der Waals surface area contributed by atoms with Crippen LogP contribution >= 0.6 is 0 Å². The maximum Gasteiger partial charge on any atom is 0.426 e. The van der Waals surface area contributed by atoms with Gasteiger partial charge in [-0.2, -0.15) is 26.3 Å². The molecule has 37 heavy (non-hydrogen) atoms. The van der Waals surface area contributed by atoms with E-state index in [1.807, 2.05) is 0 Å². The number of hydrogen-bond acceptors (Lipinski definition) is 7. The van der Waals surface area contributed by atoms with Crippen LogP contribution in [0.2, 0.25) is 0 Å². The van der Waals surface area contributed by atoms with E-state index >= 15 is 0 Å². The quantitative estimate of drug-likeness (QED) is 0.504. The highest BCUT2D eigenvalue weighted by Crippen LogP contribution is 2.57. The summed E-state index contributed by atoms with van der Waals surface area (Å²) >= 11 is 0. The second-order valence-corrected chi connectivity index (χ2v) is 10.3. The highest BCUT2D eigenvalue weighted by atomic mass is 19.4. The molecule has 2 aliphatic carbocycles. The van der Waals surface area contributed by atoms with Crippen molar-refractivity contribution in [3.8, 4) is 11.6 Å². The summed E-state index contributed by atoms with van der Waals surface area (Å²) in [6.45, 7) is 0.0428. The highest BCUT2D eigenvalue weighted by Gasteiger charge is 2.58. The van der Waals surface area contributed by atoms with Crippen LogP contribution in [-0.4, -0.2) is 49.9 Å². The smallest absolute Gasteiger partial charge is 0.416 e. The molecule has 1 atom stereocenters. The molecule has 0 unspecified atom stereocenters. The Labute approximate surface area is 207 Å². The van der Waals surface area contributed by atoms with Gasteiger partial charge < -0.3 is 20.2 Å². The van der Waals surface area contributed by atoms with Gasteiger partial charge in [0.2, 0.25) is 5.60 Å². The zero-order chi connectivity index (χ0) is 26.8. The SMILES string of the molecule is Nc1cc(C(F)(F)F)c2nc1-c1nnc(o1)[C@@](O)(C(F)(F)F)CCCCCN(C1CC3(CCC3)C1)C2=O. The fourth-order valence-corrected chi connectivity index (χ4v) is 5.61. The Balaban J connectivity index is 1.61. The first kappa shape index (κ1) is 25.7. The van der Waals surface area contributed by atoms with E-state index in [0.717, 1.165) is 19.3 Å². The lowest BCUT2D eigenvalue weighted by Gasteiger charge is -2.57. The molecular weight excluding hydrogens is 508 g/mol. The van der Waals surface area contributed by atoms with E-state index in [2.05, 4.69) is 15.2 Å².